The van der Waals surface area contributed by atoms with Crippen LogP contribution in [0.4, 0.5) is 0 Å². The maximum atomic E-state index is 13.2. The van der Waals surface area contributed by atoms with E-state index in [0.717, 1.165) is 19.3 Å². The number of aliphatic hydroxyl groups excluding tert-OH is 1. The molecule has 0 saturated heterocycles. The number of fused-ring (bicyclic) bond motifs is 5. The van der Waals surface area contributed by atoms with Gasteiger partial charge in [-0.25, -0.2) is 0 Å². The number of Topliss-reactive ketones (excluding diaryl/α,β-unsaturated/α-hetero) is 1. The molecule has 0 amide bonds. The predicted molar refractivity (Wildman–Crippen MR) is 175 cm³/mol. The van der Waals surface area contributed by atoms with E-state index in [1.807, 2.05) is 13.0 Å². The van der Waals surface area contributed by atoms with Gasteiger partial charge < -0.3 is 20.1 Å². The molecule has 0 aliphatic heterocycles. The van der Waals surface area contributed by atoms with Gasteiger partial charge in [0.15, 0.2) is 5.78 Å². The van der Waals surface area contributed by atoms with Gasteiger partial charge in [0.05, 0.1) is 12.2 Å². The van der Waals surface area contributed by atoms with Crippen LogP contribution in [-0.4, -0.2) is 50.5 Å². The van der Waals surface area contributed by atoms with Gasteiger partial charge in [-0.2, -0.15) is 0 Å². The number of carbonyl (C=O) groups excluding carboxylic acids is 2. The maximum Gasteiger partial charge on any atom is 0.306 e. The first kappa shape index (κ1) is 35.4. The second-order valence-electron chi connectivity index (χ2n) is 15.5. The molecule has 0 bridgehead atoms. The molecule has 6 nitrogen and oxygen atoms in total. The van der Waals surface area contributed by atoms with Gasteiger partial charge in [-0.15, -0.1) is 0 Å². The van der Waals surface area contributed by atoms with E-state index in [4.69, 9.17) is 4.74 Å². The predicted octanol–water partition coefficient (Wildman–Crippen LogP) is 7.77. The first-order valence-corrected chi connectivity index (χ1v) is 18.1. The molecule has 4 aliphatic rings. The Kier molecular flexibility index (Phi) is 11.7. The van der Waals surface area contributed by atoms with Crippen LogP contribution in [0.1, 0.15) is 150 Å². The van der Waals surface area contributed by atoms with Crippen molar-refractivity contribution in [2.45, 2.75) is 167 Å². The van der Waals surface area contributed by atoms with Gasteiger partial charge in [0.2, 0.25) is 0 Å². The highest BCUT2D eigenvalue weighted by atomic mass is 16.6. The van der Waals surface area contributed by atoms with Gasteiger partial charge in [0.25, 0.3) is 0 Å². The number of carbonyl (C=O) groups is 2. The Bertz CT molecular complexity index is 1080. The minimum atomic E-state index is -1.76. The first-order valence-electron chi connectivity index (χ1n) is 18.1. The zero-order chi connectivity index (χ0) is 32.2. The van der Waals surface area contributed by atoms with Crippen LogP contribution in [0, 0.1) is 29.1 Å². The highest BCUT2D eigenvalue weighted by molar-refractivity contribution is 6.04. The van der Waals surface area contributed by atoms with E-state index in [2.05, 4.69) is 20.8 Å². The number of hydrogen-bond acceptors (Lipinski definition) is 6. The normalized spacial score (nSPS) is 35.2. The fourth-order valence-corrected chi connectivity index (χ4v) is 9.49. The molecule has 4 rings (SSSR count). The molecular weight excluding hydrogens is 552 g/mol. The minimum Gasteiger partial charge on any atom is -0.458 e. The Balaban J connectivity index is 1.23. The Hall–Kier alpha value is -1.50. The molecule has 2 saturated carbocycles. The zero-order valence-electron chi connectivity index (χ0n) is 28.5. The summed E-state index contributed by atoms with van der Waals surface area (Å²) in [6.45, 7) is 9.81. The third kappa shape index (κ3) is 6.65. The third-order valence-electron chi connectivity index (χ3n) is 12.2. The molecule has 0 heterocycles. The highest BCUT2D eigenvalue weighted by Crippen LogP contribution is 2.76. The van der Waals surface area contributed by atoms with Gasteiger partial charge >= 0.3 is 5.97 Å². The lowest BCUT2D eigenvalue weighted by Gasteiger charge is -2.50. The summed E-state index contributed by atoms with van der Waals surface area (Å²) < 4.78 is 6.35. The fourth-order valence-electron chi connectivity index (χ4n) is 9.49. The quantitative estimate of drug-likeness (QED) is 0.0828. The SMILES string of the molecule is CCCCCCCCCCCCCCCCCC(=O)OC12CC(C)C3(O)C(C=C(CO)CC4(O)C(=O)C(C)=CC43)C1C2(C)C. The molecule has 7 unspecified atom stereocenters. The zero-order valence-corrected chi connectivity index (χ0v) is 28.5. The Morgan fingerprint density at radius 1 is 0.886 bits per heavy atom. The molecule has 0 radical (unpaired) electrons. The van der Waals surface area contributed by atoms with Gasteiger partial charge in [0.1, 0.15) is 11.2 Å². The standard InChI is InChI=1S/C38H62O6/c1-6-7-8-9-10-11-12-13-14-15-16-17-18-19-20-21-32(40)44-37-24-28(3)38(43)30(33(37)35(37,4)5)23-29(26-39)25-36(42)31(38)22-27(2)34(36)41/h22-23,28,30-31,33,39,42-43H,6-21,24-26H2,1-5H3. The van der Waals surface area contributed by atoms with E-state index >= 15 is 0 Å². The second kappa shape index (κ2) is 14.5. The number of ether oxygens (including phenoxy) is 1. The summed E-state index contributed by atoms with van der Waals surface area (Å²) in [7, 11) is 0. The highest BCUT2D eigenvalue weighted by Gasteiger charge is 2.83. The summed E-state index contributed by atoms with van der Waals surface area (Å²) in [5.41, 5.74) is -3.21. The number of hydrogen-bond donors (Lipinski definition) is 3. The van der Waals surface area contributed by atoms with E-state index in [0.29, 0.717) is 24.0 Å². The van der Waals surface area contributed by atoms with E-state index in [9.17, 15) is 24.9 Å². The van der Waals surface area contributed by atoms with Crippen molar-refractivity contribution >= 4 is 11.8 Å². The van der Waals surface area contributed by atoms with Crippen LogP contribution in [0.2, 0.25) is 0 Å². The Morgan fingerprint density at radius 3 is 1.93 bits per heavy atom. The van der Waals surface area contributed by atoms with E-state index < -0.39 is 28.6 Å². The van der Waals surface area contributed by atoms with Gasteiger partial charge in [-0.05, 0) is 36.8 Å². The summed E-state index contributed by atoms with van der Waals surface area (Å²) in [5, 5.41) is 34.3. The summed E-state index contributed by atoms with van der Waals surface area (Å²) in [6, 6.07) is 0. The molecule has 44 heavy (non-hydrogen) atoms. The van der Waals surface area contributed by atoms with E-state index in [-0.39, 0.29) is 42.0 Å². The monoisotopic (exact) mass is 614 g/mol. The summed E-state index contributed by atoms with van der Waals surface area (Å²) >= 11 is 0. The number of ketones is 1. The van der Waals surface area contributed by atoms with Crippen molar-refractivity contribution in [3.63, 3.8) is 0 Å². The van der Waals surface area contributed by atoms with Gasteiger partial charge in [0, 0.05) is 36.0 Å². The lowest BCUT2D eigenvalue weighted by Crippen LogP contribution is -2.61. The average molecular weight is 615 g/mol. The minimum absolute atomic E-state index is 0.00546. The van der Waals surface area contributed by atoms with Crippen LogP contribution in [0.25, 0.3) is 0 Å². The van der Waals surface area contributed by atoms with Gasteiger partial charge in [-0.3, -0.25) is 9.59 Å². The fraction of sp³-hybridized carbons (Fsp3) is 0.842. The molecular formula is C38H62O6. The van der Waals surface area contributed by atoms with Crippen molar-refractivity contribution in [1.29, 1.82) is 0 Å². The number of rotatable bonds is 18. The Labute approximate surface area is 267 Å². The van der Waals surface area contributed by atoms with Crippen molar-refractivity contribution in [3.8, 4) is 0 Å². The molecule has 0 aromatic rings. The molecule has 0 aromatic heterocycles. The smallest absolute Gasteiger partial charge is 0.306 e. The third-order valence-corrected chi connectivity index (χ3v) is 12.2. The van der Waals surface area contributed by atoms with Crippen molar-refractivity contribution in [2.75, 3.05) is 6.61 Å². The van der Waals surface area contributed by atoms with Crippen molar-refractivity contribution in [2.24, 2.45) is 29.1 Å². The summed E-state index contributed by atoms with van der Waals surface area (Å²) in [6.07, 6.45) is 23.7. The average Bonchev–Trinajstić information content (AvgIpc) is 3.38. The number of unbranched alkanes of at least 4 members (excludes halogenated alkanes) is 14. The lowest BCUT2D eigenvalue weighted by atomic mass is 9.60. The molecule has 3 N–H and O–H groups in total. The van der Waals surface area contributed by atoms with Crippen LogP contribution in [0.3, 0.4) is 0 Å². The van der Waals surface area contributed by atoms with Crippen LogP contribution >= 0.6 is 0 Å². The molecule has 0 aromatic carbocycles. The number of esters is 1. The Morgan fingerprint density at radius 2 is 1.41 bits per heavy atom. The van der Waals surface area contributed by atoms with Crippen molar-refractivity contribution in [3.05, 3.63) is 23.3 Å². The summed E-state index contributed by atoms with van der Waals surface area (Å²) in [5.74, 6) is -2.25. The maximum absolute atomic E-state index is 13.2. The molecule has 6 heteroatoms. The lowest BCUT2D eigenvalue weighted by molar-refractivity contribution is -0.187. The van der Waals surface area contributed by atoms with Crippen LogP contribution in [-0.2, 0) is 14.3 Å². The summed E-state index contributed by atoms with van der Waals surface area (Å²) in [4.78, 5) is 26.3. The largest absolute Gasteiger partial charge is 0.458 e. The van der Waals surface area contributed by atoms with Crippen LogP contribution in [0.5, 0.6) is 0 Å². The van der Waals surface area contributed by atoms with Gasteiger partial charge in [-0.1, -0.05) is 130 Å². The van der Waals surface area contributed by atoms with Crippen molar-refractivity contribution in [1.82, 2.24) is 0 Å². The topological polar surface area (TPSA) is 104 Å². The number of aliphatic hydroxyl groups is 3. The van der Waals surface area contributed by atoms with Crippen molar-refractivity contribution < 1.29 is 29.6 Å². The molecule has 0 spiro atoms. The van der Waals surface area contributed by atoms with Crippen LogP contribution in [0.15, 0.2) is 23.3 Å². The molecule has 7 atom stereocenters. The van der Waals surface area contributed by atoms with E-state index in [1.165, 1.54) is 77.0 Å². The first-order chi connectivity index (χ1) is 20.9. The van der Waals surface area contributed by atoms with E-state index in [1.54, 1.807) is 13.0 Å². The second-order valence-corrected chi connectivity index (χ2v) is 15.5. The molecule has 250 valence electrons. The molecule has 2 fully saturated rings. The van der Waals surface area contributed by atoms with Crippen LogP contribution < -0.4 is 0 Å². The molecule has 4 aliphatic carbocycles.